The van der Waals surface area contributed by atoms with Gasteiger partial charge in [0.2, 0.25) is 0 Å². The highest BCUT2D eigenvalue weighted by Gasteiger charge is 2.13. The highest BCUT2D eigenvalue weighted by Crippen LogP contribution is 2.24. The van der Waals surface area contributed by atoms with Gasteiger partial charge in [-0.3, -0.25) is 4.40 Å². The second-order valence-electron chi connectivity index (χ2n) is 6.58. The lowest BCUT2D eigenvalue weighted by atomic mass is 10.1. The molecule has 5 aromatic rings. The Bertz CT molecular complexity index is 1360. The van der Waals surface area contributed by atoms with Crippen LogP contribution in [0.25, 0.3) is 22.5 Å². The van der Waals surface area contributed by atoms with Crippen LogP contribution in [0.3, 0.4) is 0 Å². The van der Waals surface area contributed by atoms with Crippen molar-refractivity contribution in [1.82, 2.24) is 4.40 Å². The van der Waals surface area contributed by atoms with Crippen molar-refractivity contribution in [1.29, 1.82) is 0 Å². The number of rotatable bonds is 2. The summed E-state index contributed by atoms with van der Waals surface area (Å²) in [4.78, 5) is 5.96. The van der Waals surface area contributed by atoms with E-state index in [1.165, 1.54) is 32.1 Å². The van der Waals surface area contributed by atoms with Crippen LogP contribution < -0.4 is 9.33 Å². The van der Waals surface area contributed by atoms with Gasteiger partial charge in [0.05, 0.1) is 21.3 Å². The fourth-order valence-electron chi connectivity index (χ4n) is 3.57. The molecule has 0 aliphatic heterocycles. The summed E-state index contributed by atoms with van der Waals surface area (Å²) in [5.41, 5.74) is 5.95. The number of thiazole rings is 1. The Morgan fingerprint density at radius 1 is 0.815 bits per heavy atom. The molecule has 0 saturated heterocycles. The lowest BCUT2D eigenvalue weighted by Gasteiger charge is -1.93. The first-order chi connectivity index (χ1) is 13.3. The molecule has 3 heteroatoms. The van der Waals surface area contributed by atoms with Crippen molar-refractivity contribution >= 4 is 39.5 Å². The summed E-state index contributed by atoms with van der Waals surface area (Å²) in [6.07, 6.45) is 2.26. The topological polar surface area (TPSA) is 16.8 Å². The maximum absolute atomic E-state index is 4.96. The summed E-state index contributed by atoms with van der Waals surface area (Å²) in [6, 6.07) is 29.2. The average Bonchev–Trinajstić information content (AvgIpc) is 3.21. The maximum atomic E-state index is 4.96. The van der Waals surface area contributed by atoms with E-state index < -0.39 is 0 Å². The van der Waals surface area contributed by atoms with Crippen LogP contribution in [-0.4, -0.2) is 4.40 Å². The third-order valence-electron chi connectivity index (χ3n) is 4.83. The number of aryl methyl sites for hydroxylation is 1. The summed E-state index contributed by atoms with van der Waals surface area (Å²) in [6.45, 7) is 2.21. The normalized spacial score (nSPS) is 13.1. The molecule has 0 spiro atoms. The molecule has 0 saturated carbocycles. The molecule has 0 atom stereocenters. The van der Waals surface area contributed by atoms with Crippen LogP contribution in [0.2, 0.25) is 0 Å². The van der Waals surface area contributed by atoms with Gasteiger partial charge in [-0.05, 0) is 42.3 Å². The minimum atomic E-state index is 0.974. The molecule has 0 bridgehead atoms. The van der Waals surface area contributed by atoms with E-state index in [1.807, 2.05) is 36.4 Å². The Morgan fingerprint density at radius 3 is 2.26 bits per heavy atom. The van der Waals surface area contributed by atoms with Gasteiger partial charge in [-0.15, -0.1) is 0 Å². The highest BCUT2D eigenvalue weighted by atomic mass is 32.1. The van der Waals surface area contributed by atoms with E-state index >= 15 is 0 Å². The van der Waals surface area contributed by atoms with Crippen LogP contribution in [0.1, 0.15) is 11.1 Å². The standard InChI is InChI=1S/C24H18N2S/c1-17-20-14-8-9-15-21(20)26-23(17)22(16-18-10-4-2-5-11-18)27-24(26)25-19-12-6-3-7-13-19/h2-16H,1H3/b22-16-,25-24?. The Hall–Kier alpha value is -3.17. The van der Waals surface area contributed by atoms with E-state index in [-0.39, 0.29) is 0 Å². The molecule has 0 unspecified atom stereocenters. The molecule has 0 amide bonds. The van der Waals surface area contributed by atoms with Crippen LogP contribution in [0.4, 0.5) is 5.69 Å². The van der Waals surface area contributed by atoms with E-state index in [9.17, 15) is 0 Å². The Balaban J connectivity index is 1.93. The minimum Gasteiger partial charge on any atom is -0.284 e. The van der Waals surface area contributed by atoms with Gasteiger partial charge in [0.1, 0.15) is 0 Å². The van der Waals surface area contributed by atoms with E-state index in [0.29, 0.717) is 0 Å². The number of nitrogens with zero attached hydrogens (tertiary/aromatic N) is 2. The highest BCUT2D eigenvalue weighted by molar-refractivity contribution is 7.07. The zero-order valence-electron chi connectivity index (χ0n) is 15.0. The second kappa shape index (κ2) is 6.53. The van der Waals surface area contributed by atoms with Gasteiger partial charge in [0.25, 0.3) is 0 Å². The van der Waals surface area contributed by atoms with Gasteiger partial charge in [-0.2, -0.15) is 0 Å². The molecule has 0 aliphatic rings. The van der Waals surface area contributed by atoms with E-state index in [4.69, 9.17) is 4.99 Å². The van der Waals surface area contributed by atoms with Crippen molar-refractivity contribution in [2.24, 2.45) is 4.99 Å². The molecule has 0 fully saturated rings. The summed E-state index contributed by atoms with van der Waals surface area (Å²) in [5, 5.41) is 1.28. The zero-order valence-corrected chi connectivity index (χ0v) is 15.8. The first kappa shape index (κ1) is 16.0. The van der Waals surface area contributed by atoms with Crippen molar-refractivity contribution < 1.29 is 0 Å². The molecular formula is C24H18N2S. The van der Waals surface area contributed by atoms with Crippen LogP contribution >= 0.6 is 11.3 Å². The van der Waals surface area contributed by atoms with E-state index in [0.717, 1.165) is 10.5 Å². The Morgan fingerprint density at radius 2 is 1.48 bits per heavy atom. The van der Waals surface area contributed by atoms with Gasteiger partial charge in [-0.1, -0.05) is 78.1 Å². The van der Waals surface area contributed by atoms with Gasteiger partial charge in [-0.25, -0.2) is 4.99 Å². The molecular weight excluding hydrogens is 348 g/mol. The minimum absolute atomic E-state index is 0.974. The summed E-state index contributed by atoms with van der Waals surface area (Å²) >= 11 is 1.74. The maximum Gasteiger partial charge on any atom is 0.195 e. The molecule has 2 heterocycles. The van der Waals surface area contributed by atoms with E-state index in [2.05, 4.69) is 65.9 Å². The lowest BCUT2D eigenvalue weighted by Crippen LogP contribution is -2.04. The van der Waals surface area contributed by atoms with Crippen molar-refractivity contribution in [3.8, 4) is 0 Å². The Kier molecular flexibility index (Phi) is 3.88. The Labute approximate surface area is 161 Å². The number of hydrogen-bond donors (Lipinski definition) is 0. The van der Waals surface area contributed by atoms with Crippen molar-refractivity contribution in [2.45, 2.75) is 6.92 Å². The largest absolute Gasteiger partial charge is 0.284 e. The van der Waals surface area contributed by atoms with Crippen LogP contribution in [0.5, 0.6) is 0 Å². The van der Waals surface area contributed by atoms with Crippen LogP contribution in [0.15, 0.2) is 89.9 Å². The average molecular weight is 366 g/mol. The summed E-state index contributed by atoms with van der Waals surface area (Å²) < 4.78 is 3.54. The van der Waals surface area contributed by atoms with Crippen LogP contribution in [0, 0.1) is 6.92 Å². The predicted octanol–water partition coefficient (Wildman–Crippen LogP) is 5.24. The molecule has 5 rings (SSSR count). The molecule has 3 aromatic carbocycles. The van der Waals surface area contributed by atoms with Crippen LogP contribution in [-0.2, 0) is 0 Å². The number of hydrogen-bond acceptors (Lipinski definition) is 2. The molecule has 2 nitrogen and oxygen atoms in total. The predicted molar refractivity (Wildman–Crippen MR) is 114 cm³/mol. The lowest BCUT2D eigenvalue weighted by molar-refractivity contribution is 1.16. The fourth-order valence-corrected chi connectivity index (χ4v) is 4.74. The van der Waals surface area contributed by atoms with Crippen molar-refractivity contribution in [2.75, 3.05) is 0 Å². The second-order valence-corrected chi connectivity index (χ2v) is 7.59. The van der Waals surface area contributed by atoms with Gasteiger partial charge >= 0.3 is 0 Å². The number of para-hydroxylation sites is 2. The monoisotopic (exact) mass is 366 g/mol. The molecule has 27 heavy (non-hydrogen) atoms. The molecule has 130 valence electrons. The first-order valence-electron chi connectivity index (χ1n) is 9.00. The van der Waals surface area contributed by atoms with Gasteiger partial charge < -0.3 is 0 Å². The van der Waals surface area contributed by atoms with Gasteiger partial charge in [0.15, 0.2) is 4.80 Å². The number of aromatic nitrogens is 1. The molecule has 0 radical (unpaired) electrons. The zero-order chi connectivity index (χ0) is 18.2. The summed E-state index contributed by atoms with van der Waals surface area (Å²) in [5.74, 6) is 0. The fraction of sp³-hybridized carbons (Fsp3) is 0.0417. The van der Waals surface area contributed by atoms with Gasteiger partial charge in [0, 0.05) is 5.39 Å². The van der Waals surface area contributed by atoms with Crippen molar-refractivity contribution in [3.63, 3.8) is 0 Å². The SMILES string of the molecule is Cc1c2ccccc2n2c(=Nc3ccccc3)s/c(=C\c3ccccc3)c12. The van der Waals surface area contributed by atoms with E-state index in [1.54, 1.807) is 11.3 Å². The third kappa shape index (κ3) is 2.77. The number of benzene rings is 3. The summed E-state index contributed by atoms with van der Waals surface area (Å²) in [7, 11) is 0. The van der Waals surface area contributed by atoms with Crippen molar-refractivity contribution in [3.05, 3.63) is 105 Å². The smallest absolute Gasteiger partial charge is 0.195 e. The quantitative estimate of drug-likeness (QED) is 0.406. The third-order valence-corrected chi connectivity index (χ3v) is 5.82. The molecule has 0 N–H and O–H groups in total. The number of fused-ring (bicyclic) bond motifs is 3. The molecule has 2 aromatic heterocycles. The molecule has 0 aliphatic carbocycles. The first-order valence-corrected chi connectivity index (χ1v) is 9.82.